The zero-order valence-electron chi connectivity index (χ0n) is 9.89. The van der Waals surface area contributed by atoms with Gasteiger partial charge < -0.3 is 4.74 Å². The summed E-state index contributed by atoms with van der Waals surface area (Å²) in [6, 6.07) is 8.00. The van der Waals surface area contributed by atoms with E-state index in [4.69, 9.17) is 10.6 Å². The number of fused-ring (bicyclic) bond motifs is 1. The first-order valence-corrected chi connectivity index (χ1v) is 5.92. The van der Waals surface area contributed by atoms with E-state index >= 15 is 0 Å². The molecule has 5 nitrogen and oxygen atoms in total. The van der Waals surface area contributed by atoms with Gasteiger partial charge in [0.05, 0.1) is 12.3 Å². The number of nitrogen functional groups attached to an aromatic ring is 1. The number of nitrogens with zero attached hydrogens (tertiary/aromatic N) is 2. The van der Waals surface area contributed by atoms with Gasteiger partial charge in [-0.25, -0.2) is 15.8 Å². The number of aromatic nitrogens is 2. The lowest BCUT2D eigenvalue weighted by molar-refractivity contribution is 0.288. The molecule has 0 fully saturated rings. The van der Waals surface area contributed by atoms with Crippen molar-refractivity contribution in [3.63, 3.8) is 0 Å². The summed E-state index contributed by atoms with van der Waals surface area (Å²) in [6.45, 7) is 0.807. The number of aryl methyl sites for hydroxylation is 1. The third-order valence-electron chi connectivity index (χ3n) is 2.99. The first-order chi connectivity index (χ1) is 8.86. The summed E-state index contributed by atoms with van der Waals surface area (Å²) in [5.41, 5.74) is 5.60. The lowest BCUT2D eigenvalue weighted by atomic mass is 10.0. The minimum Gasteiger partial charge on any atom is -0.493 e. The van der Waals surface area contributed by atoms with Crippen molar-refractivity contribution in [2.24, 2.45) is 5.84 Å². The number of ether oxygens (including phenoxy) is 1. The molecule has 0 aliphatic carbocycles. The van der Waals surface area contributed by atoms with Gasteiger partial charge in [-0.3, -0.25) is 5.43 Å². The summed E-state index contributed by atoms with van der Waals surface area (Å²) < 4.78 is 5.59. The second kappa shape index (κ2) is 4.62. The third-order valence-corrected chi connectivity index (χ3v) is 2.99. The molecule has 2 aromatic rings. The number of rotatable bonds is 2. The molecule has 0 bridgehead atoms. The molecular weight excluding hydrogens is 228 g/mol. The molecule has 0 saturated heterocycles. The van der Waals surface area contributed by atoms with Crippen LogP contribution >= 0.6 is 0 Å². The highest BCUT2D eigenvalue weighted by atomic mass is 16.5. The summed E-state index contributed by atoms with van der Waals surface area (Å²) in [5.74, 6) is 6.71. The van der Waals surface area contributed by atoms with E-state index in [2.05, 4.69) is 21.5 Å². The Hall–Kier alpha value is -2.14. The summed E-state index contributed by atoms with van der Waals surface area (Å²) in [4.78, 5) is 8.32. The van der Waals surface area contributed by atoms with Gasteiger partial charge in [0, 0.05) is 11.8 Å². The molecule has 3 N–H and O–H groups in total. The fourth-order valence-electron chi connectivity index (χ4n) is 2.11. The molecule has 1 aliphatic heterocycles. The Morgan fingerprint density at radius 1 is 1.28 bits per heavy atom. The number of anilines is 1. The van der Waals surface area contributed by atoms with Gasteiger partial charge in [-0.15, -0.1) is 0 Å². The molecule has 18 heavy (non-hydrogen) atoms. The van der Waals surface area contributed by atoms with Crippen LogP contribution in [0.4, 0.5) is 5.95 Å². The molecule has 0 saturated carbocycles. The van der Waals surface area contributed by atoms with E-state index in [0.717, 1.165) is 36.5 Å². The molecule has 92 valence electrons. The summed E-state index contributed by atoms with van der Waals surface area (Å²) in [7, 11) is 0. The molecule has 0 atom stereocenters. The first-order valence-electron chi connectivity index (χ1n) is 5.92. The number of benzene rings is 1. The number of nitrogens with two attached hydrogens (primary N) is 1. The topological polar surface area (TPSA) is 73.1 Å². The molecular formula is C13H14N4O. The zero-order chi connectivity index (χ0) is 12.4. The maximum absolute atomic E-state index is 5.59. The molecule has 0 unspecified atom stereocenters. The van der Waals surface area contributed by atoms with Crippen LogP contribution in [0.3, 0.4) is 0 Å². The van der Waals surface area contributed by atoms with Crippen LogP contribution in [-0.2, 0) is 6.42 Å². The largest absolute Gasteiger partial charge is 0.493 e. The first kappa shape index (κ1) is 11.0. The van der Waals surface area contributed by atoms with Gasteiger partial charge in [-0.2, -0.15) is 0 Å². The molecule has 1 aromatic carbocycles. The van der Waals surface area contributed by atoms with Gasteiger partial charge >= 0.3 is 0 Å². The Balaban J connectivity index is 2.00. The SMILES string of the molecule is NNc1nccc(-c2ccc3c(c2)CCCO3)n1. The van der Waals surface area contributed by atoms with Crippen LogP contribution in [0.2, 0.25) is 0 Å². The van der Waals surface area contributed by atoms with Crippen LogP contribution in [0.15, 0.2) is 30.5 Å². The van der Waals surface area contributed by atoms with Crippen molar-refractivity contribution >= 4 is 5.95 Å². The van der Waals surface area contributed by atoms with Crippen molar-refractivity contribution in [2.75, 3.05) is 12.0 Å². The average Bonchev–Trinajstić information content (AvgIpc) is 2.47. The molecule has 2 heterocycles. The van der Waals surface area contributed by atoms with E-state index in [9.17, 15) is 0 Å². The van der Waals surface area contributed by atoms with Crippen LogP contribution in [0.1, 0.15) is 12.0 Å². The van der Waals surface area contributed by atoms with Crippen LogP contribution in [0, 0.1) is 0 Å². The van der Waals surface area contributed by atoms with Crippen LogP contribution in [0.25, 0.3) is 11.3 Å². The Kier molecular flexibility index (Phi) is 2.82. The van der Waals surface area contributed by atoms with E-state index in [1.165, 1.54) is 5.56 Å². The Morgan fingerprint density at radius 2 is 2.22 bits per heavy atom. The lowest BCUT2D eigenvalue weighted by Gasteiger charge is -2.17. The predicted octanol–water partition coefficient (Wildman–Crippen LogP) is 1.75. The van der Waals surface area contributed by atoms with Crippen molar-refractivity contribution < 1.29 is 4.74 Å². The van der Waals surface area contributed by atoms with Crippen molar-refractivity contribution in [1.29, 1.82) is 0 Å². The predicted molar refractivity (Wildman–Crippen MR) is 69.1 cm³/mol. The van der Waals surface area contributed by atoms with E-state index in [1.807, 2.05) is 18.2 Å². The Labute approximate surface area is 105 Å². The van der Waals surface area contributed by atoms with Crippen LogP contribution in [0.5, 0.6) is 5.75 Å². The molecule has 1 aliphatic rings. The zero-order valence-corrected chi connectivity index (χ0v) is 9.89. The number of hydrogen-bond donors (Lipinski definition) is 2. The van der Waals surface area contributed by atoms with Crippen LogP contribution < -0.4 is 16.0 Å². The second-order valence-electron chi connectivity index (χ2n) is 4.18. The van der Waals surface area contributed by atoms with Gasteiger partial charge in [-0.1, -0.05) is 0 Å². The highest BCUT2D eigenvalue weighted by Crippen LogP contribution is 2.29. The Morgan fingerprint density at radius 3 is 3.11 bits per heavy atom. The van der Waals surface area contributed by atoms with Gasteiger partial charge in [0.15, 0.2) is 0 Å². The van der Waals surface area contributed by atoms with Crippen molar-refractivity contribution in [1.82, 2.24) is 9.97 Å². The third kappa shape index (κ3) is 2.00. The number of nitrogens with one attached hydrogen (secondary N) is 1. The summed E-state index contributed by atoms with van der Waals surface area (Å²) >= 11 is 0. The molecule has 0 radical (unpaired) electrons. The molecule has 5 heteroatoms. The minimum absolute atomic E-state index is 0.418. The fraction of sp³-hybridized carbons (Fsp3) is 0.231. The van der Waals surface area contributed by atoms with E-state index in [-0.39, 0.29) is 0 Å². The van der Waals surface area contributed by atoms with Crippen molar-refractivity contribution in [3.8, 4) is 17.0 Å². The maximum Gasteiger partial charge on any atom is 0.237 e. The van der Waals surface area contributed by atoms with E-state index in [1.54, 1.807) is 6.20 Å². The van der Waals surface area contributed by atoms with E-state index in [0.29, 0.717) is 5.95 Å². The minimum atomic E-state index is 0.418. The summed E-state index contributed by atoms with van der Waals surface area (Å²) in [5, 5.41) is 0. The maximum atomic E-state index is 5.59. The van der Waals surface area contributed by atoms with Gasteiger partial charge in [0.2, 0.25) is 5.95 Å². The lowest BCUT2D eigenvalue weighted by Crippen LogP contribution is -2.10. The number of hydrazine groups is 1. The normalized spacial score (nSPS) is 13.6. The van der Waals surface area contributed by atoms with Crippen LogP contribution in [-0.4, -0.2) is 16.6 Å². The molecule has 0 spiro atoms. The highest BCUT2D eigenvalue weighted by molar-refractivity contribution is 5.63. The van der Waals surface area contributed by atoms with Crippen molar-refractivity contribution in [2.45, 2.75) is 12.8 Å². The van der Waals surface area contributed by atoms with Gasteiger partial charge in [-0.05, 0) is 42.7 Å². The molecule has 0 amide bonds. The monoisotopic (exact) mass is 242 g/mol. The highest BCUT2D eigenvalue weighted by Gasteiger charge is 2.11. The second-order valence-corrected chi connectivity index (χ2v) is 4.18. The standard InChI is InChI=1S/C13H14N4O/c14-17-13-15-6-5-11(16-13)9-3-4-12-10(8-9)2-1-7-18-12/h3-6,8H,1-2,7,14H2,(H,15,16,17). The van der Waals surface area contributed by atoms with Gasteiger partial charge in [0.25, 0.3) is 0 Å². The smallest absolute Gasteiger partial charge is 0.237 e. The number of hydrogen-bond acceptors (Lipinski definition) is 5. The fourth-order valence-corrected chi connectivity index (χ4v) is 2.11. The van der Waals surface area contributed by atoms with E-state index < -0.39 is 0 Å². The summed E-state index contributed by atoms with van der Waals surface area (Å²) in [6.07, 6.45) is 3.81. The van der Waals surface area contributed by atoms with Crippen molar-refractivity contribution in [3.05, 3.63) is 36.0 Å². The Bertz CT molecular complexity index is 571. The molecule has 3 rings (SSSR count). The quantitative estimate of drug-likeness (QED) is 0.620. The average molecular weight is 242 g/mol. The molecule has 1 aromatic heterocycles. The van der Waals surface area contributed by atoms with Gasteiger partial charge in [0.1, 0.15) is 5.75 Å².